The summed E-state index contributed by atoms with van der Waals surface area (Å²) in [6.45, 7) is 10.3. The molecule has 4 aromatic rings. The Morgan fingerprint density at radius 3 is 2.05 bits per heavy atom. The SMILES string of the molecule is Cc1cc(/C=N\NC(=O)c2ccc(CN3CCN(Cc4ccccc4)CC3)cc2)c(C)n1-c1ccc(Br)cc1. The van der Waals surface area contributed by atoms with Crippen molar-refractivity contribution in [3.63, 3.8) is 0 Å². The van der Waals surface area contributed by atoms with Crippen molar-refractivity contribution >= 4 is 28.1 Å². The van der Waals surface area contributed by atoms with Crippen LogP contribution in [0.5, 0.6) is 0 Å². The molecule has 1 aromatic heterocycles. The third-order valence-corrected chi connectivity index (χ3v) is 7.79. The average molecular weight is 585 g/mol. The Morgan fingerprint density at radius 2 is 1.44 bits per heavy atom. The molecule has 0 bridgehead atoms. The van der Waals surface area contributed by atoms with Gasteiger partial charge >= 0.3 is 0 Å². The molecule has 0 spiro atoms. The highest BCUT2D eigenvalue weighted by molar-refractivity contribution is 9.10. The summed E-state index contributed by atoms with van der Waals surface area (Å²) in [5, 5.41) is 4.24. The lowest BCUT2D eigenvalue weighted by atomic mass is 10.1. The summed E-state index contributed by atoms with van der Waals surface area (Å²) in [4.78, 5) is 17.7. The van der Waals surface area contributed by atoms with E-state index in [0.29, 0.717) is 5.56 Å². The molecule has 0 unspecified atom stereocenters. The molecule has 1 N–H and O–H groups in total. The number of piperazine rings is 1. The number of benzene rings is 3. The number of carbonyl (C=O) groups is 1. The van der Waals surface area contributed by atoms with Gasteiger partial charge in [-0.25, -0.2) is 5.43 Å². The summed E-state index contributed by atoms with van der Waals surface area (Å²) in [6, 6.07) is 28.8. The van der Waals surface area contributed by atoms with Gasteiger partial charge in [-0.15, -0.1) is 0 Å². The Morgan fingerprint density at radius 1 is 0.846 bits per heavy atom. The highest BCUT2D eigenvalue weighted by Gasteiger charge is 2.17. The van der Waals surface area contributed by atoms with E-state index in [2.05, 4.69) is 103 Å². The minimum absolute atomic E-state index is 0.214. The molecule has 6 nitrogen and oxygen atoms in total. The smallest absolute Gasteiger partial charge is 0.271 e. The number of aromatic nitrogens is 1. The van der Waals surface area contributed by atoms with Gasteiger partial charge in [-0.1, -0.05) is 58.4 Å². The Bertz CT molecular complexity index is 1420. The van der Waals surface area contributed by atoms with Gasteiger partial charge in [-0.3, -0.25) is 14.6 Å². The Kier molecular flexibility index (Phi) is 8.71. The van der Waals surface area contributed by atoms with Crippen LogP contribution in [0.1, 0.15) is 38.4 Å². The van der Waals surface area contributed by atoms with Gasteiger partial charge in [-0.05, 0) is 67.4 Å². The van der Waals surface area contributed by atoms with Gasteiger partial charge in [0, 0.05) is 71.9 Å². The normalized spacial score (nSPS) is 14.6. The van der Waals surface area contributed by atoms with E-state index in [-0.39, 0.29) is 5.91 Å². The number of rotatable bonds is 8. The van der Waals surface area contributed by atoms with Crippen molar-refractivity contribution in [1.82, 2.24) is 19.8 Å². The molecule has 5 rings (SSSR count). The van der Waals surface area contributed by atoms with Gasteiger partial charge in [0.25, 0.3) is 5.91 Å². The lowest BCUT2D eigenvalue weighted by Gasteiger charge is -2.34. The summed E-state index contributed by atoms with van der Waals surface area (Å²) >= 11 is 3.49. The first-order chi connectivity index (χ1) is 19.0. The second-order valence-corrected chi connectivity index (χ2v) is 11.0. The van der Waals surface area contributed by atoms with Gasteiger partial charge in [0.2, 0.25) is 0 Å². The quantitative estimate of drug-likeness (QED) is 0.206. The highest BCUT2D eigenvalue weighted by Crippen LogP contribution is 2.21. The molecular formula is C32H34BrN5O. The van der Waals surface area contributed by atoms with Gasteiger partial charge in [0.05, 0.1) is 6.21 Å². The molecule has 0 atom stereocenters. The molecule has 0 saturated carbocycles. The van der Waals surface area contributed by atoms with Crippen molar-refractivity contribution < 1.29 is 4.79 Å². The van der Waals surface area contributed by atoms with Crippen molar-refractivity contribution in [3.05, 3.63) is 123 Å². The number of hydrogen-bond acceptors (Lipinski definition) is 4. The number of amides is 1. The molecule has 0 aliphatic carbocycles. The maximum atomic E-state index is 12.7. The largest absolute Gasteiger partial charge is 0.318 e. The van der Waals surface area contributed by atoms with Crippen molar-refractivity contribution in [2.24, 2.45) is 5.10 Å². The van der Waals surface area contributed by atoms with Crippen LogP contribution in [0.25, 0.3) is 5.69 Å². The molecule has 39 heavy (non-hydrogen) atoms. The predicted octanol–water partition coefficient (Wildman–Crippen LogP) is 5.94. The maximum absolute atomic E-state index is 12.7. The number of hydrazone groups is 1. The first-order valence-corrected chi connectivity index (χ1v) is 14.1. The molecule has 200 valence electrons. The Balaban J connectivity index is 1.11. The summed E-state index contributed by atoms with van der Waals surface area (Å²) in [6.07, 6.45) is 1.71. The van der Waals surface area contributed by atoms with E-state index in [1.165, 1.54) is 11.1 Å². The molecule has 1 aliphatic rings. The molecule has 0 radical (unpaired) electrons. The standard InChI is InChI=1S/C32H34BrN5O/c1-24-20-29(25(2)38(24)31-14-12-30(33)13-15-31)21-34-35-32(39)28-10-8-27(9-11-28)23-37-18-16-36(17-19-37)22-26-6-4-3-5-7-26/h3-15,20-21H,16-19,22-23H2,1-2H3,(H,35,39)/b34-21-. The first-order valence-electron chi connectivity index (χ1n) is 13.3. The maximum Gasteiger partial charge on any atom is 0.271 e. The lowest BCUT2D eigenvalue weighted by molar-refractivity contribution is 0.0955. The molecule has 1 saturated heterocycles. The van der Waals surface area contributed by atoms with Crippen LogP contribution in [-0.4, -0.2) is 52.7 Å². The van der Waals surface area contributed by atoms with Crippen LogP contribution < -0.4 is 5.43 Å². The van der Waals surface area contributed by atoms with Crippen molar-refractivity contribution in [3.8, 4) is 5.69 Å². The zero-order chi connectivity index (χ0) is 27.2. The second kappa shape index (κ2) is 12.6. The molecule has 1 amide bonds. The van der Waals surface area contributed by atoms with E-state index < -0.39 is 0 Å². The fraction of sp³-hybridized carbons (Fsp3) is 0.250. The number of nitrogens with zero attached hydrogens (tertiary/aromatic N) is 4. The van der Waals surface area contributed by atoms with Gasteiger partial charge in [0.1, 0.15) is 0 Å². The van der Waals surface area contributed by atoms with Crippen LogP contribution in [0.2, 0.25) is 0 Å². The second-order valence-electron chi connectivity index (χ2n) is 10.1. The summed E-state index contributed by atoms with van der Waals surface area (Å²) in [5.41, 5.74) is 10.1. The van der Waals surface area contributed by atoms with Crippen molar-refractivity contribution in [1.29, 1.82) is 0 Å². The number of hydrogen-bond donors (Lipinski definition) is 1. The molecule has 7 heteroatoms. The zero-order valence-electron chi connectivity index (χ0n) is 22.5. The first kappa shape index (κ1) is 27.1. The fourth-order valence-corrected chi connectivity index (χ4v) is 5.36. The van der Waals surface area contributed by atoms with Crippen LogP contribution in [-0.2, 0) is 13.1 Å². The van der Waals surface area contributed by atoms with Crippen molar-refractivity contribution in [2.45, 2.75) is 26.9 Å². The van der Waals surface area contributed by atoms with Crippen LogP contribution in [0, 0.1) is 13.8 Å². The Labute approximate surface area is 239 Å². The third-order valence-electron chi connectivity index (χ3n) is 7.26. The number of aryl methyl sites for hydroxylation is 1. The molecule has 1 aliphatic heterocycles. The molecule has 3 aromatic carbocycles. The fourth-order valence-electron chi connectivity index (χ4n) is 5.10. The van der Waals surface area contributed by atoms with Gasteiger partial charge in [0.15, 0.2) is 0 Å². The molecular weight excluding hydrogens is 550 g/mol. The van der Waals surface area contributed by atoms with E-state index in [9.17, 15) is 4.79 Å². The van der Waals surface area contributed by atoms with E-state index in [0.717, 1.165) is 66.4 Å². The van der Waals surface area contributed by atoms with Crippen LogP contribution in [0.15, 0.2) is 94.5 Å². The number of halogens is 1. The van der Waals surface area contributed by atoms with E-state index in [1.54, 1.807) is 6.21 Å². The Hall–Kier alpha value is -3.52. The third kappa shape index (κ3) is 6.92. The van der Waals surface area contributed by atoms with Gasteiger partial charge in [-0.2, -0.15) is 5.10 Å². The number of carbonyl (C=O) groups excluding carboxylic acids is 1. The highest BCUT2D eigenvalue weighted by atomic mass is 79.9. The summed E-state index contributed by atoms with van der Waals surface area (Å²) in [5.74, 6) is -0.214. The lowest BCUT2D eigenvalue weighted by Crippen LogP contribution is -2.45. The van der Waals surface area contributed by atoms with Crippen LogP contribution in [0.3, 0.4) is 0 Å². The van der Waals surface area contributed by atoms with Crippen LogP contribution in [0.4, 0.5) is 0 Å². The topological polar surface area (TPSA) is 52.9 Å². The number of nitrogens with one attached hydrogen (secondary N) is 1. The zero-order valence-corrected chi connectivity index (χ0v) is 24.1. The summed E-state index contributed by atoms with van der Waals surface area (Å²) in [7, 11) is 0. The van der Waals surface area contributed by atoms with E-state index >= 15 is 0 Å². The van der Waals surface area contributed by atoms with Gasteiger partial charge < -0.3 is 4.57 Å². The minimum atomic E-state index is -0.214. The summed E-state index contributed by atoms with van der Waals surface area (Å²) < 4.78 is 3.22. The molecule has 2 heterocycles. The monoisotopic (exact) mass is 583 g/mol. The van der Waals surface area contributed by atoms with E-state index in [1.807, 2.05) is 36.4 Å². The predicted molar refractivity (Wildman–Crippen MR) is 161 cm³/mol. The van der Waals surface area contributed by atoms with Crippen LogP contribution >= 0.6 is 15.9 Å². The average Bonchev–Trinajstić information content (AvgIpc) is 3.23. The van der Waals surface area contributed by atoms with Crippen molar-refractivity contribution in [2.75, 3.05) is 26.2 Å². The van der Waals surface area contributed by atoms with E-state index in [4.69, 9.17) is 0 Å². The minimum Gasteiger partial charge on any atom is -0.318 e. The molecule has 1 fully saturated rings.